The second-order valence-corrected chi connectivity index (χ2v) is 5.98. The molecule has 0 bridgehead atoms. The van der Waals surface area contributed by atoms with Crippen LogP contribution in [-0.4, -0.2) is 14.9 Å². The lowest BCUT2D eigenvalue weighted by Crippen LogP contribution is -2.25. The quantitative estimate of drug-likeness (QED) is 0.911. The molecule has 4 heteroatoms. The summed E-state index contributed by atoms with van der Waals surface area (Å²) in [6.45, 7) is 4.99. The van der Waals surface area contributed by atoms with Crippen LogP contribution in [0, 0.1) is 13.8 Å². The van der Waals surface area contributed by atoms with Gasteiger partial charge in [0.2, 0.25) is 0 Å². The third-order valence-corrected chi connectivity index (χ3v) is 4.63. The van der Waals surface area contributed by atoms with E-state index in [1.54, 1.807) is 6.07 Å². The van der Waals surface area contributed by atoms with Crippen molar-refractivity contribution >= 4 is 0 Å². The van der Waals surface area contributed by atoms with Crippen molar-refractivity contribution < 1.29 is 5.11 Å². The van der Waals surface area contributed by atoms with Crippen LogP contribution < -0.4 is 5.32 Å². The summed E-state index contributed by atoms with van der Waals surface area (Å²) < 4.78 is 1.94. The Labute approximate surface area is 125 Å². The zero-order chi connectivity index (χ0) is 15.0. The highest BCUT2D eigenvalue weighted by Gasteiger charge is 2.21. The van der Waals surface area contributed by atoms with E-state index in [1.165, 1.54) is 28.8 Å². The highest BCUT2D eigenvalue weighted by Crippen LogP contribution is 2.32. The van der Waals surface area contributed by atoms with Gasteiger partial charge in [0.05, 0.1) is 5.69 Å². The lowest BCUT2D eigenvalue weighted by molar-refractivity contribution is 0.445. The highest BCUT2D eigenvalue weighted by atomic mass is 16.3. The van der Waals surface area contributed by atoms with Crippen molar-refractivity contribution in [2.45, 2.75) is 45.7 Å². The van der Waals surface area contributed by atoms with Gasteiger partial charge in [0, 0.05) is 30.9 Å². The third-order valence-electron chi connectivity index (χ3n) is 4.63. The first kappa shape index (κ1) is 14.1. The smallest absolute Gasteiger partial charge is 0.115 e. The Morgan fingerprint density at radius 2 is 2.19 bits per heavy atom. The molecular formula is C17H23N3O. The van der Waals surface area contributed by atoms with Gasteiger partial charge < -0.3 is 10.4 Å². The second kappa shape index (κ2) is 5.53. The molecule has 0 radical (unpaired) electrons. The normalized spacial score (nSPS) is 17.8. The zero-order valence-electron chi connectivity index (χ0n) is 13.0. The summed E-state index contributed by atoms with van der Waals surface area (Å²) >= 11 is 0. The van der Waals surface area contributed by atoms with E-state index in [-0.39, 0.29) is 0 Å². The summed E-state index contributed by atoms with van der Waals surface area (Å²) in [5, 5.41) is 17.9. The lowest BCUT2D eigenvalue weighted by atomic mass is 9.87. The first-order valence-corrected chi connectivity index (χ1v) is 7.60. The molecular weight excluding hydrogens is 262 g/mol. The van der Waals surface area contributed by atoms with Gasteiger partial charge in [0.1, 0.15) is 5.75 Å². The number of phenols is 1. The third kappa shape index (κ3) is 2.68. The average molecular weight is 285 g/mol. The average Bonchev–Trinajstić information content (AvgIpc) is 2.70. The minimum atomic E-state index is 0.319. The number of hydrogen-bond acceptors (Lipinski definition) is 3. The van der Waals surface area contributed by atoms with Crippen LogP contribution in [0.4, 0.5) is 0 Å². The van der Waals surface area contributed by atoms with Gasteiger partial charge in [0.25, 0.3) is 0 Å². The Balaban J connectivity index is 1.79. The number of benzene rings is 1. The molecule has 1 aromatic carbocycles. The first-order valence-electron chi connectivity index (χ1n) is 7.60. The molecule has 0 aliphatic heterocycles. The maximum atomic E-state index is 9.74. The van der Waals surface area contributed by atoms with Gasteiger partial charge in [0.15, 0.2) is 0 Å². The van der Waals surface area contributed by atoms with Crippen molar-refractivity contribution in [2.24, 2.45) is 7.05 Å². The van der Waals surface area contributed by atoms with E-state index in [0.29, 0.717) is 11.8 Å². The molecule has 0 saturated heterocycles. The van der Waals surface area contributed by atoms with Crippen LogP contribution >= 0.6 is 0 Å². The Kier molecular flexibility index (Phi) is 3.72. The van der Waals surface area contributed by atoms with E-state index in [4.69, 9.17) is 0 Å². The molecule has 0 fully saturated rings. The molecule has 1 aliphatic carbocycles. The number of aromatic nitrogens is 2. The van der Waals surface area contributed by atoms with Crippen LogP contribution in [0.1, 0.15) is 47.0 Å². The van der Waals surface area contributed by atoms with Crippen LogP contribution in [0.15, 0.2) is 18.2 Å². The number of rotatable bonds is 3. The topological polar surface area (TPSA) is 50.1 Å². The molecule has 21 heavy (non-hydrogen) atoms. The number of hydrogen-bond donors (Lipinski definition) is 2. The van der Waals surface area contributed by atoms with E-state index in [0.717, 1.165) is 25.1 Å². The van der Waals surface area contributed by atoms with Gasteiger partial charge in [-0.1, -0.05) is 6.07 Å². The number of fused-ring (bicyclic) bond motifs is 1. The molecule has 1 aromatic heterocycles. The van der Waals surface area contributed by atoms with Gasteiger partial charge in [-0.15, -0.1) is 0 Å². The van der Waals surface area contributed by atoms with Crippen LogP contribution in [0.25, 0.3) is 0 Å². The van der Waals surface area contributed by atoms with Gasteiger partial charge in [-0.05, 0) is 56.4 Å². The van der Waals surface area contributed by atoms with Crippen LogP contribution in [0.2, 0.25) is 0 Å². The van der Waals surface area contributed by atoms with Crippen molar-refractivity contribution in [1.82, 2.24) is 15.1 Å². The fourth-order valence-corrected chi connectivity index (χ4v) is 3.30. The van der Waals surface area contributed by atoms with E-state index in [1.807, 2.05) is 17.8 Å². The Morgan fingerprint density at radius 3 is 2.90 bits per heavy atom. The molecule has 2 N–H and O–H groups in total. The van der Waals surface area contributed by atoms with Crippen molar-refractivity contribution in [1.29, 1.82) is 0 Å². The Bertz CT molecular complexity index is 660. The SMILES string of the molecule is Cc1nn(C)c(C)c1CNC1CCCc2ccc(O)cc21. The molecule has 1 unspecified atom stereocenters. The summed E-state index contributed by atoms with van der Waals surface area (Å²) in [5.41, 5.74) is 6.20. The summed E-state index contributed by atoms with van der Waals surface area (Å²) in [7, 11) is 1.99. The number of aromatic hydroxyl groups is 1. The van der Waals surface area contributed by atoms with E-state index in [9.17, 15) is 5.11 Å². The largest absolute Gasteiger partial charge is 0.508 e. The zero-order valence-corrected chi connectivity index (χ0v) is 13.0. The molecule has 3 rings (SSSR count). The van der Waals surface area contributed by atoms with E-state index in [2.05, 4.69) is 30.3 Å². The van der Waals surface area contributed by atoms with Gasteiger partial charge in [-0.2, -0.15) is 5.10 Å². The highest BCUT2D eigenvalue weighted by molar-refractivity contribution is 5.38. The van der Waals surface area contributed by atoms with Gasteiger partial charge >= 0.3 is 0 Å². The molecule has 2 aromatic rings. The van der Waals surface area contributed by atoms with Crippen LogP contribution in [-0.2, 0) is 20.0 Å². The van der Waals surface area contributed by atoms with Crippen molar-refractivity contribution in [3.8, 4) is 5.75 Å². The molecule has 1 atom stereocenters. The summed E-state index contributed by atoms with van der Waals surface area (Å²) in [4.78, 5) is 0. The van der Waals surface area contributed by atoms with Crippen molar-refractivity contribution in [3.63, 3.8) is 0 Å². The predicted molar refractivity (Wildman–Crippen MR) is 83.3 cm³/mol. The first-order chi connectivity index (χ1) is 10.1. The van der Waals surface area contributed by atoms with E-state index >= 15 is 0 Å². The molecule has 0 saturated carbocycles. The molecule has 0 amide bonds. The van der Waals surface area contributed by atoms with Crippen molar-refractivity contribution in [2.75, 3.05) is 0 Å². The number of phenolic OH excluding ortho intramolecular Hbond substituents is 1. The maximum absolute atomic E-state index is 9.74. The molecule has 1 heterocycles. The standard InChI is InChI=1S/C17H23N3O/c1-11-16(12(2)20(3)19-11)10-18-17-6-4-5-13-7-8-14(21)9-15(13)17/h7-9,17-18,21H,4-6,10H2,1-3H3. The predicted octanol–water partition coefficient (Wildman–Crippen LogP) is 2.91. The number of nitrogens with one attached hydrogen (secondary N) is 1. The monoisotopic (exact) mass is 285 g/mol. The van der Waals surface area contributed by atoms with Gasteiger partial charge in [-0.3, -0.25) is 4.68 Å². The fraction of sp³-hybridized carbons (Fsp3) is 0.471. The molecule has 1 aliphatic rings. The second-order valence-electron chi connectivity index (χ2n) is 5.98. The number of aryl methyl sites for hydroxylation is 3. The minimum Gasteiger partial charge on any atom is -0.508 e. The fourth-order valence-electron chi connectivity index (χ4n) is 3.30. The Morgan fingerprint density at radius 1 is 1.38 bits per heavy atom. The van der Waals surface area contributed by atoms with Gasteiger partial charge in [-0.25, -0.2) is 0 Å². The van der Waals surface area contributed by atoms with Crippen molar-refractivity contribution in [3.05, 3.63) is 46.3 Å². The van der Waals surface area contributed by atoms with Crippen LogP contribution in [0.5, 0.6) is 5.75 Å². The number of nitrogens with zero attached hydrogens (tertiary/aromatic N) is 2. The minimum absolute atomic E-state index is 0.319. The molecule has 112 valence electrons. The Hall–Kier alpha value is -1.81. The molecule has 0 spiro atoms. The van der Waals surface area contributed by atoms with E-state index < -0.39 is 0 Å². The lowest BCUT2D eigenvalue weighted by Gasteiger charge is -2.26. The molecule has 4 nitrogen and oxygen atoms in total. The van der Waals surface area contributed by atoms with Crippen LogP contribution in [0.3, 0.4) is 0 Å². The summed E-state index contributed by atoms with van der Waals surface area (Å²) in [6, 6.07) is 6.07. The summed E-state index contributed by atoms with van der Waals surface area (Å²) in [6.07, 6.45) is 3.42. The maximum Gasteiger partial charge on any atom is 0.115 e. The summed E-state index contributed by atoms with van der Waals surface area (Å²) in [5.74, 6) is 0.358.